The fourth-order valence-electron chi connectivity index (χ4n) is 7.01. The molecule has 3 N–H and O–H groups in total. The first-order valence-electron chi connectivity index (χ1n) is 24.1. The molecule has 0 aliphatic heterocycles. The molecule has 0 aliphatic carbocycles. The van der Waals surface area contributed by atoms with Gasteiger partial charge in [-0.05, 0) is 70.6 Å². The van der Waals surface area contributed by atoms with Crippen molar-refractivity contribution in [2.45, 2.75) is 244 Å². The first-order chi connectivity index (χ1) is 28.0. The summed E-state index contributed by atoms with van der Waals surface area (Å²) in [6.07, 6.45) is 54.2. The maximum Gasteiger partial charge on any atom is 0.306 e. The van der Waals surface area contributed by atoms with Gasteiger partial charge in [-0.15, -0.1) is 0 Å². The van der Waals surface area contributed by atoms with Gasteiger partial charge in [0, 0.05) is 6.42 Å². The van der Waals surface area contributed by atoms with Gasteiger partial charge in [0.15, 0.2) is 0 Å². The normalized spacial score (nSPS) is 13.8. The molecular weight excluding hydrogens is 707 g/mol. The zero-order valence-corrected chi connectivity index (χ0v) is 37.5. The van der Waals surface area contributed by atoms with Crippen LogP contribution in [0.25, 0.3) is 0 Å². The molecule has 0 fully saturated rings. The minimum Gasteiger partial charge on any atom is -0.462 e. The molecule has 0 heterocycles. The second-order valence-electron chi connectivity index (χ2n) is 16.2. The number of esters is 1. The average molecular weight is 798 g/mol. The third-order valence-electron chi connectivity index (χ3n) is 10.7. The van der Waals surface area contributed by atoms with Crippen molar-refractivity contribution in [3.63, 3.8) is 0 Å². The van der Waals surface area contributed by atoms with Crippen LogP contribution in [0.15, 0.2) is 60.8 Å². The maximum absolute atomic E-state index is 13.2. The summed E-state index contributed by atoms with van der Waals surface area (Å²) >= 11 is 0. The summed E-state index contributed by atoms with van der Waals surface area (Å²) in [5.41, 5.74) is 0. The van der Waals surface area contributed by atoms with Gasteiger partial charge in [-0.25, -0.2) is 0 Å². The number of carbonyl (C=O) groups is 2. The van der Waals surface area contributed by atoms with E-state index in [0.717, 1.165) is 103 Å². The number of amides is 1. The Hall–Kier alpha value is -2.44. The molecule has 3 atom stereocenters. The van der Waals surface area contributed by atoms with Crippen LogP contribution in [-0.4, -0.2) is 46.9 Å². The topological polar surface area (TPSA) is 95.9 Å². The van der Waals surface area contributed by atoms with Crippen LogP contribution < -0.4 is 5.32 Å². The Labute approximate surface area is 352 Å². The van der Waals surface area contributed by atoms with Crippen LogP contribution >= 0.6 is 0 Å². The highest BCUT2D eigenvalue weighted by Crippen LogP contribution is 2.17. The quantitative estimate of drug-likeness (QED) is 0.0325. The molecule has 3 unspecified atom stereocenters. The Morgan fingerprint density at radius 3 is 1.47 bits per heavy atom. The van der Waals surface area contributed by atoms with Crippen molar-refractivity contribution in [1.29, 1.82) is 0 Å². The monoisotopic (exact) mass is 798 g/mol. The summed E-state index contributed by atoms with van der Waals surface area (Å²) in [6, 6.07) is -0.712. The van der Waals surface area contributed by atoms with Crippen molar-refractivity contribution in [3.05, 3.63) is 60.8 Å². The highest BCUT2D eigenvalue weighted by atomic mass is 16.5. The molecular formula is C51H91NO5. The lowest BCUT2D eigenvalue weighted by atomic mass is 10.0. The number of unbranched alkanes of at least 4 members (excludes halogenated alkanes) is 23. The molecule has 0 aromatic heterocycles. The van der Waals surface area contributed by atoms with E-state index in [-0.39, 0.29) is 24.9 Å². The molecule has 0 saturated heterocycles. The molecule has 0 aliphatic rings. The third kappa shape index (κ3) is 40.1. The third-order valence-corrected chi connectivity index (χ3v) is 10.7. The van der Waals surface area contributed by atoms with E-state index in [0.29, 0.717) is 19.3 Å². The number of hydrogen-bond donors (Lipinski definition) is 3. The molecule has 0 spiro atoms. The summed E-state index contributed by atoms with van der Waals surface area (Å²) in [7, 11) is 0. The standard InChI is InChI=1S/C51H91NO5/c1-4-7-10-13-16-19-22-25-27-30-33-36-39-42-47(57-51(56)44-41-38-35-32-29-26-23-20-17-14-11-8-5-2)45-50(55)52-48(46-53)49(54)43-40-37-34-31-28-24-21-18-15-12-9-6-3/h8,11,14,16-17,19-20,22-23,25,47-49,53-54H,4-7,9-10,12-13,15,18,21,24,26-46H2,1-3H3,(H,52,55)/b11-8+,17-14+,19-16+,23-20-,25-22+. The Morgan fingerprint density at radius 1 is 0.526 bits per heavy atom. The van der Waals surface area contributed by atoms with Crippen molar-refractivity contribution >= 4 is 11.9 Å². The van der Waals surface area contributed by atoms with Crippen molar-refractivity contribution in [3.8, 4) is 0 Å². The number of nitrogens with one attached hydrogen (secondary N) is 1. The second-order valence-corrected chi connectivity index (χ2v) is 16.2. The van der Waals surface area contributed by atoms with Crippen molar-refractivity contribution in [2.24, 2.45) is 0 Å². The zero-order valence-electron chi connectivity index (χ0n) is 37.5. The van der Waals surface area contributed by atoms with E-state index in [9.17, 15) is 19.8 Å². The molecule has 0 aromatic rings. The molecule has 6 nitrogen and oxygen atoms in total. The predicted octanol–water partition coefficient (Wildman–Crippen LogP) is 14.1. The van der Waals surface area contributed by atoms with Gasteiger partial charge in [-0.1, -0.05) is 204 Å². The fraction of sp³-hybridized carbons (Fsp3) is 0.765. The van der Waals surface area contributed by atoms with Crippen LogP contribution in [0, 0.1) is 0 Å². The van der Waals surface area contributed by atoms with Crippen LogP contribution in [0.3, 0.4) is 0 Å². The van der Waals surface area contributed by atoms with E-state index in [1.807, 2.05) is 0 Å². The van der Waals surface area contributed by atoms with Gasteiger partial charge < -0.3 is 20.3 Å². The minimum atomic E-state index is -0.797. The van der Waals surface area contributed by atoms with Gasteiger partial charge in [0.25, 0.3) is 0 Å². The van der Waals surface area contributed by atoms with Crippen LogP contribution in [-0.2, 0) is 14.3 Å². The number of hydrogen-bond acceptors (Lipinski definition) is 5. The maximum atomic E-state index is 13.2. The fourth-order valence-corrected chi connectivity index (χ4v) is 7.01. The van der Waals surface area contributed by atoms with Gasteiger partial charge in [-0.3, -0.25) is 9.59 Å². The van der Waals surface area contributed by atoms with Crippen LogP contribution in [0.4, 0.5) is 0 Å². The molecule has 57 heavy (non-hydrogen) atoms. The molecule has 0 bridgehead atoms. The summed E-state index contributed by atoms with van der Waals surface area (Å²) < 4.78 is 5.90. The van der Waals surface area contributed by atoms with E-state index >= 15 is 0 Å². The molecule has 0 saturated carbocycles. The second kappa shape index (κ2) is 44.7. The summed E-state index contributed by atoms with van der Waals surface area (Å²) in [4.78, 5) is 26.0. The van der Waals surface area contributed by atoms with E-state index in [4.69, 9.17) is 4.74 Å². The summed E-state index contributed by atoms with van der Waals surface area (Å²) in [5.74, 6) is -0.520. The van der Waals surface area contributed by atoms with Crippen molar-refractivity contribution in [1.82, 2.24) is 5.32 Å². The Balaban J connectivity index is 4.66. The molecule has 330 valence electrons. The highest BCUT2D eigenvalue weighted by molar-refractivity contribution is 5.77. The number of ether oxygens (including phenoxy) is 1. The Bertz CT molecular complexity index is 1030. The molecule has 0 aromatic carbocycles. The zero-order chi connectivity index (χ0) is 41.7. The number of carbonyl (C=O) groups excluding carboxylic acids is 2. The highest BCUT2D eigenvalue weighted by Gasteiger charge is 2.24. The number of rotatable bonds is 42. The first kappa shape index (κ1) is 54.6. The van der Waals surface area contributed by atoms with Gasteiger partial charge in [0.2, 0.25) is 5.91 Å². The predicted molar refractivity (Wildman–Crippen MR) is 245 cm³/mol. The Morgan fingerprint density at radius 2 is 0.947 bits per heavy atom. The SMILES string of the molecule is CC/C=C/C=C/C=C\CCCCCCCC(=O)OC(CCCCCC/C=C/C=C/CCCCC)CC(=O)NC(CO)C(O)CCCCCCCCCCCCCC. The van der Waals surface area contributed by atoms with E-state index in [1.165, 1.54) is 77.0 Å². The van der Waals surface area contributed by atoms with Crippen LogP contribution in [0.5, 0.6) is 0 Å². The van der Waals surface area contributed by atoms with E-state index < -0.39 is 18.2 Å². The number of aliphatic hydroxyl groups excluding tert-OH is 2. The molecule has 6 heteroatoms. The summed E-state index contributed by atoms with van der Waals surface area (Å²) in [6.45, 7) is 6.30. The lowest BCUT2D eigenvalue weighted by Gasteiger charge is -2.24. The first-order valence-corrected chi connectivity index (χ1v) is 24.1. The van der Waals surface area contributed by atoms with Crippen molar-refractivity contribution in [2.75, 3.05) is 6.61 Å². The Kier molecular flexibility index (Phi) is 42.7. The lowest BCUT2D eigenvalue weighted by molar-refractivity contribution is -0.151. The molecule has 1 amide bonds. The van der Waals surface area contributed by atoms with E-state index in [1.54, 1.807) is 0 Å². The smallest absolute Gasteiger partial charge is 0.306 e. The van der Waals surface area contributed by atoms with Gasteiger partial charge >= 0.3 is 5.97 Å². The number of aliphatic hydroxyl groups is 2. The number of allylic oxidation sites excluding steroid dienone is 10. The van der Waals surface area contributed by atoms with Crippen LogP contribution in [0.1, 0.15) is 226 Å². The summed E-state index contributed by atoms with van der Waals surface area (Å²) in [5, 5.41) is 23.7. The molecule has 0 radical (unpaired) electrons. The van der Waals surface area contributed by atoms with Crippen LogP contribution in [0.2, 0.25) is 0 Å². The van der Waals surface area contributed by atoms with Gasteiger partial charge in [-0.2, -0.15) is 0 Å². The van der Waals surface area contributed by atoms with E-state index in [2.05, 4.69) is 86.8 Å². The minimum absolute atomic E-state index is 0.0541. The average Bonchev–Trinajstić information content (AvgIpc) is 3.20. The molecule has 0 rings (SSSR count). The lowest BCUT2D eigenvalue weighted by Crippen LogP contribution is -2.46. The largest absolute Gasteiger partial charge is 0.462 e. The van der Waals surface area contributed by atoms with Crippen molar-refractivity contribution < 1.29 is 24.5 Å². The van der Waals surface area contributed by atoms with Gasteiger partial charge in [0.1, 0.15) is 6.10 Å². The van der Waals surface area contributed by atoms with Gasteiger partial charge in [0.05, 0.1) is 25.2 Å².